The minimum absolute atomic E-state index is 0.133. The number of hydrogen-bond acceptors (Lipinski definition) is 2. The Morgan fingerprint density at radius 1 is 1.00 bits per heavy atom. The van der Waals surface area contributed by atoms with E-state index in [1.807, 2.05) is 30.3 Å². The molecule has 94 valence electrons. The topological polar surface area (TPSA) is 33.1 Å². The van der Waals surface area contributed by atoms with Gasteiger partial charge in [0.2, 0.25) is 0 Å². The molecule has 0 aliphatic heterocycles. The van der Waals surface area contributed by atoms with Crippen molar-refractivity contribution in [3.8, 4) is 0 Å². The summed E-state index contributed by atoms with van der Waals surface area (Å²) in [6.45, 7) is 6.53. The molecule has 1 N–H and O–H groups in total. The van der Waals surface area contributed by atoms with E-state index in [0.29, 0.717) is 5.69 Å². The van der Waals surface area contributed by atoms with E-state index in [2.05, 4.69) is 37.9 Å². The van der Waals surface area contributed by atoms with Crippen LogP contribution in [0.5, 0.6) is 0 Å². The van der Waals surface area contributed by atoms with Crippen molar-refractivity contribution in [1.82, 2.24) is 4.98 Å². The fourth-order valence-corrected chi connectivity index (χ4v) is 1.87. The molecule has 0 saturated carbocycles. The molecule has 0 spiro atoms. The Morgan fingerprint density at radius 3 is 2.17 bits per heavy atom. The highest BCUT2D eigenvalue weighted by Crippen LogP contribution is 2.25. The molecule has 2 nitrogen and oxygen atoms in total. The molecule has 2 rings (SSSR count). The first-order chi connectivity index (χ1) is 8.48. The van der Waals surface area contributed by atoms with Gasteiger partial charge in [0, 0.05) is 6.20 Å². The van der Waals surface area contributed by atoms with Crippen molar-refractivity contribution in [2.24, 2.45) is 0 Å². The molecule has 0 aliphatic rings. The van der Waals surface area contributed by atoms with Crippen LogP contribution in [0.25, 0.3) is 0 Å². The normalized spacial score (nSPS) is 13.3. The molecule has 1 heterocycles. The van der Waals surface area contributed by atoms with Crippen LogP contribution in [0.3, 0.4) is 0 Å². The van der Waals surface area contributed by atoms with Crippen molar-refractivity contribution in [2.75, 3.05) is 0 Å². The average Bonchev–Trinajstić information content (AvgIpc) is 2.38. The number of aliphatic hydroxyl groups excluding tert-OH is 1. The van der Waals surface area contributed by atoms with Gasteiger partial charge >= 0.3 is 0 Å². The average molecular weight is 241 g/mol. The first kappa shape index (κ1) is 12.8. The van der Waals surface area contributed by atoms with Crippen molar-refractivity contribution in [1.29, 1.82) is 0 Å². The van der Waals surface area contributed by atoms with Crippen molar-refractivity contribution in [3.63, 3.8) is 0 Å². The lowest BCUT2D eigenvalue weighted by molar-refractivity contribution is 0.215. The zero-order chi connectivity index (χ0) is 13.2. The van der Waals surface area contributed by atoms with Gasteiger partial charge in [0.05, 0.1) is 5.69 Å². The molecule has 0 radical (unpaired) electrons. The molecule has 1 atom stereocenters. The molecule has 2 aromatic rings. The third-order valence-corrected chi connectivity index (χ3v) is 3.06. The SMILES string of the molecule is CC(C)(C)c1ccc([C@@H](O)c2ccccn2)cc1. The molecule has 1 aromatic carbocycles. The summed E-state index contributed by atoms with van der Waals surface area (Å²) in [5.74, 6) is 0. The summed E-state index contributed by atoms with van der Waals surface area (Å²) in [6, 6.07) is 13.7. The standard InChI is InChI=1S/C16H19NO/c1-16(2,3)13-9-7-12(8-10-13)15(18)14-6-4-5-11-17-14/h4-11,15,18H,1-3H3/t15-/m1/s1. The second-order valence-corrected chi connectivity index (χ2v) is 5.53. The molecule has 0 bridgehead atoms. The predicted molar refractivity (Wildman–Crippen MR) is 73.4 cm³/mol. The minimum Gasteiger partial charge on any atom is -0.382 e. The summed E-state index contributed by atoms with van der Waals surface area (Å²) < 4.78 is 0. The third-order valence-electron chi connectivity index (χ3n) is 3.06. The lowest BCUT2D eigenvalue weighted by atomic mass is 9.86. The molecule has 0 saturated heterocycles. The van der Waals surface area contributed by atoms with Gasteiger partial charge in [0.25, 0.3) is 0 Å². The van der Waals surface area contributed by atoms with Gasteiger partial charge in [-0.2, -0.15) is 0 Å². The number of aliphatic hydroxyl groups is 1. The van der Waals surface area contributed by atoms with Gasteiger partial charge < -0.3 is 5.11 Å². The van der Waals surface area contributed by atoms with E-state index in [1.54, 1.807) is 6.20 Å². The summed E-state index contributed by atoms with van der Waals surface area (Å²) in [7, 11) is 0. The highest BCUT2D eigenvalue weighted by atomic mass is 16.3. The van der Waals surface area contributed by atoms with Crippen LogP contribution in [0, 0.1) is 0 Å². The Bertz CT molecular complexity index is 497. The van der Waals surface area contributed by atoms with E-state index in [-0.39, 0.29) is 5.41 Å². The van der Waals surface area contributed by atoms with E-state index in [4.69, 9.17) is 0 Å². The predicted octanol–water partition coefficient (Wildman–Crippen LogP) is 3.46. The van der Waals surface area contributed by atoms with Gasteiger partial charge in [0.1, 0.15) is 6.10 Å². The minimum atomic E-state index is -0.653. The second-order valence-electron chi connectivity index (χ2n) is 5.53. The largest absolute Gasteiger partial charge is 0.382 e. The Labute approximate surface area is 108 Å². The number of rotatable bonds is 2. The van der Waals surface area contributed by atoms with Gasteiger partial charge in [-0.3, -0.25) is 4.98 Å². The molecule has 0 unspecified atom stereocenters. The Morgan fingerprint density at radius 2 is 1.67 bits per heavy atom. The van der Waals surface area contributed by atoms with Crippen molar-refractivity contribution >= 4 is 0 Å². The molecule has 18 heavy (non-hydrogen) atoms. The Kier molecular flexibility index (Phi) is 3.48. The maximum absolute atomic E-state index is 10.2. The first-order valence-corrected chi connectivity index (χ1v) is 6.18. The lowest BCUT2D eigenvalue weighted by Gasteiger charge is -2.20. The quantitative estimate of drug-likeness (QED) is 0.873. The van der Waals surface area contributed by atoms with Gasteiger partial charge in [-0.25, -0.2) is 0 Å². The number of pyridine rings is 1. The number of benzene rings is 1. The van der Waals surface area contributed by atoms with Crippen LogP contribution in [-0.2, 0) is 5.41 Å². The molecular weight excluding hydrogens is 222 g/mol. The lowest BCUT2D eigenvalue weighted by Crippen LogP contribution is -2.11. The van der Waals surface area contributed by atoms with Gasteiger partial charge in [0.15, 0.2) is 0 Å². The summed E-state index contributed by atoms with van der Waals surface area (Å²) in [5.41, 5.74) is 2.95. The fraction of sp³-hybridized carbons (Fsp3) is 0.312. The maximum Gasteiger partial charge on any atom is 0.121 e. The molecule has 2 heteroatoms. The molecule has 1 aromatic heterocycles. The van der Waals surface area contributed by atoms with Crippen molar-refractivity contribution in [2.45, 2.75) is 32.3 Å². The maximum atomic E-state index is 10.2. The van der Waals surface area contributed by atoms with Gasteiger partial charge in [-0.05, 0) is 28.7 Å². The second kappa shape index (κ2) is 4.91. The van der Waals surface area contributed by atoms with Crippen LogP contribution in [-0.4, -0.2) is 10.1 Å². The monoisotopic (exact) mass is 241 g/mol. The van der Waals surface area contributed by atoms with Crippen LogP contribution in [0.15, 0.2) is 48.7 Å². The van der Waals surface area contributed by atoms with Crippen molar-refractivity contribution < 1.29 is 5.11 Å². The number of hydrogen-bond donors (Lipinski definition) is 1. The van der Waals surface area contributed by atoms with Crippen LogP contribution in [0.4, 0.5) is 0 Å². The van der Waals surface area contributed by atoms with E-state index < -0.39 is 6.10 Å². The molecule has 0 aliphatic carbocycles. The first-order valence-electron chi connectivity index (χ1n) is 6.18. The Hall–Kier alpha value is -1.67. The molecular formula is C16H19NO. The highest BCUT2D eigenvalue weighted by Gasteiger charge is 2.15. The Balaban J connectivity index is 2.25. The van der Waals surface area contributed by atoms with Crippen LogP contribution in [0.1, 0.15) is 43.7 Å². The van der Waals surface area contributed by atoms with Crippen LogP contribution < -0.4 is 0 Å². The van der Waals surface area contributed by atoms with Crippen LogP contribution in [0.2, 0.25) is 0 Å². The summed E-state index contributed by atoms with van der Waals surface area (Å²) in [6.07, 6.45) is 1.04. The fourth-order valence-electron chi connectivity index (χ4n) is 1.87. The summed E-state index contributed by atoms with van der Waals surface area (Å²) >= 11 is 0. The molecule has 0 fully saturated rings. The van der Waals surface area contributed by atoms with E-state index >= 15 is 0 Å². The smallest absolute Gasteiger partial charge is 0.121 e. The summed E-state index contributed by atoms with van der Waals surface area (Å²) in [5, 5.41) is 10.2. The van der Waals surface area contributed by atoms with Crippen molar-refractivity contribution in [3.05, 3.63) is 65.5 Å². The number of nitrogens with zero attached hydrogens (tertiary/aromatic N) is 1. The van der Waals surface area contributed by atoms with Crippen LogP contribution >= 0.6 is 0 Å². The van der Waals surface area contributed by atoms with E-state index in [0.717, 1.165) is 5.56 Å². The van der Waals surface area contributed by atoms with Gasteiger partial charge in [-0.1, -0.05) is 51.1 Å². The van der Waals surface area contributed by atoms with E-state index in [9.17, 15) is 5.11 Å². The highest BCUT2D eigenvalue weighted by molar-refractivity contribution is 5.31. The van der Waals surface area contributed by atoms with Gasteiger partial charge in [-0.15, -0.1) is 0 Å². The van der Waals surface area contributed by atoms with E-state index in [1.165, 1.54) is 5.56 Å². The number of aromatic nitrogens is 1. The summed E-state index contributed by atoms with van der Waals surface area (Å²) in [4.78, 5) is 4.18. The zero-order valence-corrected chi connectivity index (χ0v) is 11.1. The zero-order valence-electron chi connectivity index (χ0n) is 11.1. The molecule has 0 amide bonds. The third kappa shape index (κ3) is 2.77.